The van der Waals surface area contributed by atoms with Gasteiger partial charge in [-0.25, -0.2) is 4.98 Å². The number of thiazole rings is 1. The summed E-state index contributed by atoms with van der Waals surface area (Å²) in [5.74, 6) is 1.05. The van der Waals surface area contributed by atoms with Crippen molar-refractivity contribution in [3.8, 4) is 22.8 Å². The summed E-state index contributed by atoms with van der Waals surface area (Å²) >= 11 is 1.36. The normalized spacial score (nSPS) is 16.0. The minimum atomic E-state index is -0.147. The van der Waals surface area contributed by atoms with Crippen molar-refractivity contribution in [1.82, 2.24) is 9.88 Å². The van der Waals surface area contributed by atoms with Crippen molar-refractivity contribution in [2.45, 2.75) is 12.8 Å². The van der Waals surface area contributed by atoms with Crippen LogP contribution >= 0.6 is 11.3 Å². The quantitative estimate of drug-likeness (QED) is 0.504. The van der Waals surface area contributed by atoms with E-state index in [0.29, 0.717) is 23.2 Å². The minimum Gasteiger partial charge on any atom is -0.497 e. The summed E-state index contributed by atoms with van der Waals surface area (Å²) < 4.78 is 10.7. The lowest BCUT2D eigenvalue weighted by Gasteiger charge is -2.31. The molecule has 8 nitrogen and oxygen atoms in total. The molecule has 0 aliphatic carbocycles. The fraction of sp³-hybridized carbons (Fsp3) is 0.320. The summed E-state index contributed by atoms with van der Waals surface area (Å²) in [6.07, 6.45) is 1.69. The molecule has 1 fully saturated rings. The van der Waals surface area contributed by atoms with Crippen LogP contribution in [0, 0.1) is 5.92 Å². The van der Waals surface area contributed by atoms with E-state index in [-0.39, 0.29) is 24.3 Å². The molecular formula is C25H28N4O4S. The molecule has 0 saturated carbocycles. The van der Waals surface area contributed by atoms with E-state index in [9.17, 15) is 9.59 Å². The van der Waals surface area contributed by atoms with Gasteiger partial charge in [-0.15, -0.1) is 11.3 Å². The highest BCUT2D eigenvalue weighted by Gasteiger charge is 2.27. The topological polar surface area (TPSA) is 92.8 Å². The van der Waals surface area contributed by atoms with Crippen molar-refractivity contribution >= 4 is 34.0 Å². The number of amides is 2. The van der Waals surface area contributed by atoms with E-state index in [1.54, 1.807) is 20.3 Å². The molecule has 0 radical (unpaired) electrons. The summed E-state index contributed by atoms with van der Waals surface area (Å²) in [4.78, 5) is 31.9. The molecule has 1 aliphatic heterocycles. The molecule has 2 heterocycles. The zero-order chi connectivity index (χ0) is 23.9. The second-order valence-corrected chi connectivity index (χ2v) is 8.94. The van der Waals surface area contributed by atoms with Gasteiger partial charge in [0.2, 0.25) is 11.8 Å². The zero-order valence-electron chi connectivity index (χ0n) is 19.2. The maximum Gasteiger partial charge on any atom is 0.240 e. The third kappa shape index (κ3) is 5.92. The van der Waals surface area contributed by atoms with Gasteiger partial charge in [0, 0.05) is 29.2 Å². The number of hydrogen-bond acceptors (Lipinski definition) is 7. The van der Waals surface area contributed by atoms with E-state index in [1.807, 2.05) is 52.7 Å². The van der Waals surface area contributed by atoms with E-state index in [4.69, 9.17) is 9.47 Å². The van der Waals surface area contributed by atoms with E-state index in [2.05, 4.69) is 15.6 Å². The SMILES string of the molecule is COc1ccc(-c2csc(NC(=O)CN3CCCC(C(=O)Nc4ccccc4)C3)n2)c(OC)c1. The van der Waals surface area contributed by atoms with Gasteiger partial charge < -0.3 is 20.1 Å². The molecule has 0 spiro atoms. The predicted octanol–water partition coefficient (Wildman–Crippen LogP) is 4.12. The molecular weight excluding hydrogens is 452 g/mol. The Balaban J connectivity index is 1.32. The van der Waals surface area contributed by atoms with Crippen LogP contribution in [-0.4, -0.2) is 55.6 Å². The van der Waals surface area contributed by atoms with Crippen LogP contribution in [0.1, 0.15) is 12.8 Å². The molecule has 2 amide bonds. The molecule has 0 bridgehead atoms. The number of ether oxygens (including phenoxy) is 2. The second-order valence-electron chi connectivity index (χ2n) is 8.08. The summed E-state index contributed by atoms with van der Waals surface area (Å²) in [5.41, 5.74) is 2.33. The average Bonchev–Trinajstić information content (AvgIpc) is 3.32. The van der Waals surface area contributed by atoms with Gasteiger partial charge in [-0.2, -0.15) is 0 Å². The molecule has 1 aromatic heterocycles. The Morgan fingerprint density at radius 1 is 1.12 bits per heavy atom. The van der Waals surface area contributed by atoms with Crippen molar-refractivity contribution < 1.29 is 19.1 Å². The van der Waals surface area contributed by atoms with Crippen LogP contribution in [0.15, 0.2) is 53.9 Å². The molecule has 4 rings (SSSR count). The molecule has 1 unspecified atom stereocenters. The number of carbonyl (C=O) groups excluding carboxylic acids is 2. The second kappa shape index (κ2) is 11.1. The summed E-state index contributed by atoms with van der Waals surface area (Å²) in [7, 11) is 3.20. The predicted molar refractivity (Wildman–Crippen MR) is 134 cm³/mol. The van der Waals surface area contributed by atoms with E-state index >= 15 is 0 Å². The molecule has 2 aromatic carbocycles. The molecule has 1 atom stereocenters. The molecule has 34 heavy (non-hydrogen) atoms. The van der Waals surface area contributed by atoms with Gasteiger partial charge in [0.1, 0.15) is 11.5 Å². The van der Waals surface area contributed by atoms with Crippen LogP contribution in [0.2, 0.25) is 0 Å². The lowest BCUT2D eigenvalue weighted by atomic mass is 9.97. The number of nitrogens with zero attached hydrogens (tertiary/aromatic N) is 2. The Morgan fingerprint density at radius 3 is 2.71 bits per heavy atom. The van der Waals surface area contributed by atoms with E-state index in [0.717, 1.165) is 36.3 Å². The first-order chi connectivity index (χ1) is 16.6. The number of anilines is 2. The monoisotopic (exact) mass is 480 g/mol. The highest BCUT2D eigenvalue weighted by Crippen LogP contribution is 2.34. The maximum atomic E-state index is 12.7. The lowest BCUT2D eigenvalue weighted by Crippen LogP contribution is -2.43. The fourth-order valence-corrected chi connectivity index (χ4v) is 4.73. The van der Waals surface area contributed by atoms with E-state index in [1.165, 1.54) is 11.3 Å². The first-order valence-corrected chi connectivity index (χ1v) is 12.0. The zero-order valence-corrected chi connectivity index (χ0v) is 20.1. The molecule has 2 N–H and O–H groups in total. The maximum absolute atomic E-state index is 12.7. The third-order valence-electron chi connectivity index (χ3n) is 5.72. The number of piperidine rings is 1. The molecule has 3 aromatic rings. The molecule has 178 valence electrons. The minimum absolute atomic E-state index is 0.00527. The Bertz CT molecular complexity index is 1130. The van der Waals surface area contributed by atoms with Gasteiger partial charge in [-0.3, -0.25) is 14.5 Å². The summed E-state index contributed by atoms with van der Waals surface area (Å²) in [6, 6.07) is 15.0. The van der Waals surface area contributed by atoms with E-state index < -0.39 is 0 Å². The molecule has 1 saturated heterocycles. The van der Waals surface area contributed by atoms with Crippen LogP contribution in [0.5, 0.6) is 11.5 Å². The van der Waals surface area contributed by atoms with Crippen molar-refractivity contribution in [1.29, 1.82) is 0 Å². The Labute approximate surface area is 202 Å². The number of rotatable bonds is 8. The third-order valence-corrected chi connectivity index (χ3v) is 6.48. The van der Waals surface area contributed by atoms with Crippen LogP contribution in [0.4, 0.5) is 10.8 Å². The van der Waals surface area contributed by atoms with Gasteiger partial charge in [0.15, 0.2) is 5.13 Å². The number of para-hydroxylation sites is 1. The number of likely N-dealkylation sites (tertiary alicyclic amines) is 1. The van der Waals surface area contributed by atoms with Crippen molar-refractivity contribution in [2.75, 3.05) is 44.5 Å². The first kappa shape index (κ1) is 23.7. The van der Waals surface area contributed by atoms with Crippen molar-refractivity contribution in [3.05, 3.63) is 53.9 Å². The van der Waals surface area contributed by atoms with Gasteiger partial charge in [-0.05, 0) is 43.7 Å². The molecule has 1 aliphatic rings. The van der Waals surface area contributed by atoms with Crippen LogP contribution in [0.3, 0.4) is 0 Å². The van der Waals surface area contributed by atoms with Crippen LogP contribution in [-0.2, 0) is 9.59 Å². The number of benzene rings is 2. The lowest BCUT2D eigenvalue weighted by molar-refractivity contribution is -0.123. The van der Waals surface area contributed by atoms with Gasteiger partial charge in [0.05, 0.1) is 32.4 Å². The highest BCUT2D eigenvalue weighted by molar-refractivity contribution is 7.14. The smallest absolute Gasteiger partial charge is 0.240 e. The van der Waals surface area contributed by atoms with Gasteiger partial charge >= 0.3 is 0 Å². The highest BCUT2D eigenvalue weighted by atomic mass is 32.1. The van der Waals surface area contributed by atoms with Crippen LogP contribution < -0.4 is 20.1 Å². The standard InChI is InChI=1S/C25H28N4O4S/c1-32-19-10-11-20(22(13-19)33-2)21-16-34-25(27-21)28-23(30)15-29-12-6-7-17(14-29)24(31)26-18-8-4-3-5-9-18/h3-5,8-11,13,16-17H,6-7,12,14-15H2,1-2H3,(H,26,31)(H,27,28,30). The average molecular weight is 481 g/mol. The van der Waals surface area contributed by atoms with Gasteiger partial charge in [0.25, 0.3) is 0 Å². The number of aromatic nitrogens is 1. The Morgan fingerprint density at radius 2 is 1.94 bits per heavy atom. The number of carbonyl (C=O) groups is 2. The fourth-order valence-electron chi connectivity index (χ4n) is 4.01. The number of methoxy groups -OCH3 is 2. The summed E-state index contributed by atoms with van der Waals surface area (Å²) in [6.45, 7) is 1.56. The van der Waals surface area contributed by atoms with Crippen molar-refractivity contribution in [2.24, 2.45) is 5.92 Å². The molecule has 9 heteroatoms. The Kier molecular flexibility index (Phi) is 7.76. The van der Waals surface area contributed by atoms with Crippen LogP contribution in [0.25, 0.3) is 11.3 Å². The first-order valence-electron chi connectivity index (χ1n) is 11.1. The Hall–Kier alpha value is -3.43. The summed E-state index contributed by atoms with van der Waals surface area (Å²) in [5, 5.41) is 8.25. The number of hydrogen-bond donors (Lipinski definition) is 2. The van der Waals surface area contributed by atoms with Crippen molar-refractivity contribution in [3.63, 3.8) is 0 Å². The largest absolute Gasteiger partial charge is 0.497 e. The number of nitrogens with one attached hydrogen (secondary N) is 2. The van der Waals surface area contributed by atoms with Gasteiger partial charge in [-0.1, -0.05) is 18.2 Å².